The van der Waals surface area contributed by atoms with Crippen LogP contribution in [0, 0.1) is 6.92 Å². The van der Waals surface area contributed by atoms with E-state index in [9.17, 15) is 0 Å². The van der Waals surface area contributed by atoms with Gasteiger partial charge in [0.2, 0.25) is 0 Å². The molecule has 20 heavy (non-hydrogen) atoms. The molecule has 1 aliphatic heterocycles. The van der Waals surface area contributed by atoms with E-state index in [-0.39, 0.29) is 0 Å². The van der Waals surface area contributed by atoms with E-state index in [1.165, 1.54) is 11.1 Å². The second kappa shape index (κ2) is 6.06. The predicted octanol–water partition coefficient (Wildman–Crippen LogP) is 3.29. The molecule has 4 nitrogen and oxygen atoms in total. The molecule has 106 valence electrons. The van der Waals surface area contributed by atoms with Crippen LogP contribution in [-0.4, -0.2) is 28.0 Å². The SMILES string of the molecule is Cc1ccc(Cn2cnc(C3CCOCC3)n2)cc1Br. The predicted molar refractivity (Wildman–Crippen MR) is 80.8 cm³/mol. The molecule has 0 bridgehead atoms. The van der Waals surface area contributed by atoms with Gasteiger partial charge in [0.1, 0.15) is 6.33 Å². The summed E-state index contributed by atoms with van der Waals surface area (Å²) < 4.78 is 8.44. The first kappa shape index (κ1) is 13.8. The number of nitrogens with zero attached hydrogens (tertiary/aromatic N) is 3. The normalized spacial score (nSPS) is 16.5. The molecule has 0 N–H and O–H groups in total. The largest absolute Gasteiger partial charge is 0.381 e. The number of hydrogen-bond donors (Lipinski definition) is 0. The summed E-state index contributed by atoms with van der Waals surface area (Å²) in [6.45, 7) is 4.50. The maximum Gasteiger partial charge on any atom is 0.153 e. The fourth-order valence-corrected chi connectivity index (χ4v) is 2.88. The number of benzene rings is 1. The highest BCUT2D eigenvalue weighted by atomic mass is 79.9. The van der Waals surface area contributed by atoms with E-state index in [0.29, 0.717) is 5.92 Å². The maximum atomic E-state index is 5.38. The topological polar surface area (TPSA) is 39.9 Å². The third-order valence-corrected chi connectivity index (χ3v) is 4.58. The lowest BCUT2D eigenvalue weighted by molar-refractivity contribution is 0.0835. The summed E-state index contributed by atoms with van der Waals surface area (Å²) in [6.07, 6.45) is 3.89. The van der Waals surface area contributed by atoms with Crippen molar-refractivity contribution in [2.45, 2.75) is 32.2 Å². The minimum absolute atomic E-state index is 0.453. The smallest absolute Gasteiger partial charge is 0.153 e. The first-order valence-corrected chi connectivity index (χ1v) is 7.74. The average molecular weight is 336 g/mol. The standard InChI is InChI=1S/C15H18BrN3O/c1-11-2-3-12(8-14(11)16)9-19-10-17-15(18-19)13-4-6-20-7-5-13/h2-3,8,10,13H,4-7,9H2,1H3. The van der Waals surface area contributed by atoms with Crippen molar-refractivity contribution in [3.05, 3.63) is 46.0 Å². The van der Waals surface area contributed by atoms with Gasteiger partial charge < -0.3 is 4.74 Å². The van der Waals surface area contributed by atoms with Gasteiger partial charge in [-0.2, -0.15) is 5.10 Å². The van der Waals surface area contributed by atoms with Gasteiger partial charge in [-0.1, -0.05) is 28.1 Å². The number of ether oxygens (including phenoxy) is 1. The molecular formula is C15H18BrN3O. The third-order valence-electron chi connectivity index (χ3n) is 3.72. The number of rotatable bonds is 3. The second-order valence-electron chi connectivity index (χ2n) is 5.27. The van der Waals surface area contributed by atoms with E-state index >= 15 is 0 Å². The molecule has 2 heterocycles. The molecule has 2 aromatic rings. The van der Waals surface area contributed by atoms with Crippen LogP contribution < -0.4 is 0 Å². The quantitative estimate of drug-likeness (QED) is 0.864. The van der Waals surface area contributed by atoms with Crippen LogP contribution in [0.4, 0.5) is 0 Å². The van der Waals surface area contributed by atoms with Crippen LogP contribution in [0.3, 0.4) is 0 Å². The minimum atomic E-state index is 0.453. The third kappa shape index (κ3) is 3.10. The summed E-state index contributed by atoms with van der Waals surface area (Å²) in [5.41, 5.74) is 2.47. The van der Waals surface area contributed by atoms with Crippen molar-refractivity contribution < 1.29 is 4.74 Å². The zero-order valence-corrected chi connectivity index (χ0v) is 13.1. The molecule has 1 aromatic heterocycles. The Kier molecular flexibility index (Phi) is 4.17. The monoisotopic (exact) mass is 335 g/mol. The highest BCUT2D eigenvalue weighted by molar-refractivity contribution is 9.10. The first-order chi connectivity index (χ1) is 9.72. The van der Waals surface area contributed by atoms with Gasteiger partial charge in [-0.15, -0.1) is 0 Å². The minimum Gasteiger partial charge on any atom is -0.381 e. The Labute approximate surface area is 127 Å². The molecule has 0 spiro atoms. The van der Waals surface area contributed by atoms with E-state index in [1.807, 2.05) is 11.0 Å². The van der Waals surface area contributed by atoms with Crippen LogP contribution in [0.1, 0.15) is 35.7 Å². The number of halogens is 1. The van der Waals surface area contributed by atoms with Crippen LogP contribution in [0.2, 0.25) is 0 Å². The first-order valence-electron chi connectivity index (χ1n) is 6.94. The summed E-state index contributed by atoms with van der Waals surface area (Å²) in [6, 6.07) is 6.40. The van der Waals surface area contributed by atoms with Gasteiger partial charge in [0, 0.05) is 23.6 Å². The molecule has 0 saturated carbocycles. The molecule has 1 fully saturated rings. The molecule has 1 aliphatic rings. The van der Waals surface area contributed by atoms with Crippen LogP contribution >= 0.6 is 15.9 Å². The van der Waals surface area contributed by atoms with Gasteiger partial charge >= 0.3 is 0 Å². The van der Waals surface area contributed by atoms with Gasteiger partial charge in [0.05, 0.1) is 6.54 Å². The number of hydrogen-bond acceptors (Lipinski definition) is 3. The molecule has 3 rings (SSSR count). The molecular weight excluding hydrogens is 318 g/mol. The van der Waals surface area contributed by atoms with Crippen molar-refractivity contribution >= 4 is 15.9 Å². The van der Waals surface area contributed by atoms with E-state index in [4.69, 9.17) is 4.74 Å². The Morgan fingerprint density at radius 3 is 2.90 bits per heavy atom. The molecule has 0 aliphatic carbocycles. The van der Waals surface area contributed by atoms with Crippen molar-refractivity contribution in [1.29, 1.82) is 0 Å². The molecule has 0 amide bonds. The van der Waals surface area contributed by atoms with Crippen molar-refractivity contribution in [3.8, 4) is 0 Å². The van der Waals surface area contributed by atoms with E-state index in [0.717, 1.165) is 42.9 Å². The molecule has 0 radical (unpaired) electrons. The van der Waals surface area contributed by atoms with Gasteiger partial charge in [0.25, 0.3) is 0 Å². The Morgan fingerprint density at radius 2 is 2.15 bits per heavy atom. The lowest BCUT2D eigenvalue weighted by Gasteiger charge is -2.18. The van der Waals surface area contributed by atoms with Crippen LogP contribution in [0.25, 0.3) is 0 Å². The molecule has 0 unspecified atom stereocenters. The summed E-state index contributed by atoms with van der Waals surface area (Å²) >= 11 is 3.57. The van der Waals surface area contributed by atoms with Gasteiger partial charge in [0.15, 0.2) is 5.82 Å². The van der Waals surface area contributed by atoms with Crippen molar-refractivity contribution in [2.24, 2.45) is 0 Å². The molecule has 1 saturated heterocycles. The fourth-order valence-electron chi connectivity index (χ4n) is 2.45. The fraction of sp³-hybridized carbons (Fsp3) is 0.467. The summed E-state index contributed by atoms with van der Waals surface area (Å²) in [4.78, 5) is 4.46. The van der Waals surface area contributed by atoms with Crippen molar-refractivity contribution in [2.75, 3.05) is 13.2 Å². The lowest BCUT2D eigenvalue weighted by atomic mass is 10.00. The Morgan fingerprint density at radius 1 is 1.35 bits per heavy atom. The summed E-state index contributed by atoms with van der Waals surface area (Å²) in [7, 11) is 0. The van der Waals surface area contributed by atoms with E-state index in [2.05, 4.69) is 51.1 Å². The Balaban J connectivity index is 1.71. The van der Waals surface area contributed by atoms with Gasteiger partial charge in [-0.05, 0) is 37.0 Å². The lowest BCUT2D eigenvalue weighted by Crippen LogP contribution is -2.15. The molecule has 5 heteroatoms. The van der Waals surface area contributed by atoms with E-state index in [1.54, 1.807) is 0 Å². The van der Waals surface area contributed by atoms with Gasteiger partial charge in [-0.25, -0.2) is 9.67 Å². The average Bonchev–Trinajstić information content (AvgIpc) is 2.92. The maximum absolute atomic E-state index is 5.38. The highest BCUT2D eigenvalue weighted by Gasteiger charge is 2.19. The van der Waals surface area contributed by atoms with Crippen LogP contribution in [0.15, 0.2) is 29.0 Å². The van der Waals surface area contributed by atoms with Crippen LogP contribution in [-0.2, 0) is 11.3 Å². The highest BCUT2D eigenvalue weighted by Crippen LogP contribution is 2.24. The zero-order chi connectivity index (χ0) is 13.9. The summed E-state index contributed by atoms with van der Waals surface area (Å²) in [5.74, 6) is 1.41. The zero-order valence-electron chi connectivity index (χ0n) is 11.6. The van der Waals surface area contributed by atoms with E-state index < -0.39 is 0 Å². The number of aromatic nitrogens is 3. The molecule has 1 aromatic carbocycles. The second-order valence-corrected chi connectivity index (χ2v) is 6.12. The Hall–Kier alpha value is -1.20. The summed E-state index contributed by atoms with van der Waals surface area (Å²) in [5, 5.41) is 4.62. The molecule has 0 atom stereocenters. The number of aryl methyl sites for hydroxylation is 1. The Bertz CT molecular complexity index is 591. The van der Waals surface area contributed by atoms with Gasteiger partial charge in [-0.3, -0.25) is 0 Å². The van der Waals surface area contributed by atoms with Crippen molar-refractivity contribution in [3.63, 3.8) is 0 Å². The van der Waals surface area contributed by atoms with Crippen LogP contribution in [0.5, 0.6) is 0 Å². The van der Waals surface area contributed by atoms with Crippen molar-refractivity contribution in [1.82, 2.24) is 14.8 Å².